The SMILES string of the molecule is [CH2]CCOC(=CC)CCC(F)(F)F. The van der Waals surface area contributed by atoms with Gasteiger partial charge in [-0.2, -0.15) is 13.2 Å². The molecule has 0 bridgehead atoms. The lowest BCUT2D eigenvalue weighted by atomic mass is 10.2. The van der Waals surface area contributed by atoms with E-state index < -0.39 is 12.6 Å². The first-order valence-corrected chi connectivity index (χ1v) is 4.13. The van der Waals surface area contributed by atoms with Crippen LogP contribution in [-0.4, -0.2) is 12.8 Å². The van der Waals surface area contributed by atoms with Crippen LogP contribution in [0, 0.1) is 6.92 Å². The van der Waals surface area contributed by atoms with Crippen molar-refractivity contribution in [3.05, 3.63) is 18.8 Å². The molecular formula is C9H14F3O. The molecule has 0 N–H and O–H groups in total. The van der Waals surface area contributed by atoms with E-state index in [1.165, 1.54) is 0 Å². The number of hydrogen-bond acceptors (Lipinski definition) is 1. The fraction of sp³-hybridized carbons (Fsp3) is 0.667. The predicted molar refractivity (Wildman–Crippen MR) is 45.0 cm³/mol. The molecule has 4 heteroatoms. The summed E-state index contributed by atoms with van der Waals surface area (Å²) in [4.78, 5) is 0. The summed E-state index contributed by atoms with van der Waals surface area (Å²) in [6, 6.07) is 0. The molecule has 0 heterocycles. The number of allylic oxidation sites excluding steroid dienone is 2. The van der Waals surface area contributed by atoms with Crippen molar-refractivity contribution in [1.29, 1.82) is 0 Å². The molecule has 0 fully saturated rings. The van der Waals surface area contributed by atoms with E-state index in [0.717, 1.165) is 0 Å². The summed E-state index contributed by atoms with van der Waals surface area (Å²) < 4.78 is 40.4. The molecule has 77 valence electrons. The van der Waals surface area contributed by atoms with Crippen LogP contribution in [0.15, 0.2) is 11.8 Å². The second kappa shape index (κ2) is 5.89. The zero-order valence-corrected chi connectivity index (χ0v) is 7.66. The normalized spacial score (nSPS) is 13.2. The molecule has 1 nitrogen and oxygen atoms in total. The summed E-state index contributed by atoms with van der Waals surface area (Å²) in [5, 5.41) is 0. The Bertz CT molecular complexity index is 161. The van der Waals surface area contributed by atoms with E-state index in [4.69, 9.17) is 4.74 Å². The van der Waals surface area contributed by atoms with Gasteiger partial charge in [0.15, 0.2) is 0 Å². The van der Waals surface area contributed by atoms with E-state index in [0.29, 0.717) is 18.8 Å². The third kappa shape index (κ3) is 7.68. The Morgan fingerprint density at radius 3 is 2.46 bits per heavy atom. The molecule has 0 spiro atoms. The van der Waals surface area contributed by atoms with E-state index in [-0.39, 0.29) is 6.42 Å². The van der Waals surface area contributed by atoms with Gasteiger partial charge in [0.1, 0.15) is 0 Å². The van der Waals surface area contributed by atoms with Gasteiger partial charge in [-0.25, -0.2) is 0 Å². The first kappa shape index (κ1) is 12.3. The lowest BCUT2D eigenvalue weighted by Gasteiger charge is -2.10. The van der Waals surface area contributed by atoms with Crippen molar-refractivity contribution in [3.8, 4) is 0 Å². The lowest BCUT2D eigenvalue weighted by molar-refractivity contribution is -0.135. The highest BCUT2D eigenvalue weighted by Crippen LogP contribution is 2.24. The molecule has 0 aromatic carbocycles. The van der Waals surface area contributed by atoms with E-state index in [9.17, 15) is 13.2 Å². The second-order valence-corrected chi connectivity index (χ2v) is 2.57. The zero-order chi connectivity index (χ0) is 10.3. The van der Waals surface area contributed by atoms with E-state index >= 15 is 0 Å². The highest BCUT2D eigenvalue weighted by Gasteiger charge is 2.27. The number of halogens is 3. The lowest BCUT2D eigenvalue weighted by Crippen LogP contribution is -2.08. The average molecular weight is 195 g/mol. The summed E-state index contributed by atoms with van der Waals surface area (Å²) in [6.07, 6.45) is -2.91. The topological polar surface area (TPSA) is 9.23 Å². The number of hydrogen-bond donors (Lipinski definition) is 0. The molecule has 0 aliphatic carbocycles. The van der Waals surface area contributed by atoms with Gasteiger partial charge in [0, 0.05) is 6.42 Å². The number of ether oxygens (including phenoxy) is 1. The quantitative estimate of drug-likeness (QED) is 0.610. The first-order chi connectivity index (χ1) is 5.99. The minimum Gasteiger partial charge on any atom is -0.498 e. The molecule has 13 heavy (non-hydrogen) atoms. The van der Waals surface area contributed by atoms with E-state index in [1.807, 2.05) is 0 Å². The van der Waals surface area contributed by atoms with Crippen LogP contribution in [0.25, 0.3) is 0 Å². The third-order valence-electron chi connectivity index (χ3n) is 1.41. The van der Waals surface area contributed by atoms with Gasteiger partial charge in [-0.1, -0.05) is 0 Å². The van der Waals surface area contributed by atoms with E-state index in [2.05, 4.69) is 6.92 Å². The molecule has 0 aliphatic rings. The summed E-state index contributed by atoms with van der Waals surface area (Å²) in [6.45, 7) is 5.56. The van der Waals surface area contributed by atoms with Gasteiger partial charge in [0.2, 0.25) is 0 Å². The first-order valence-electron chi connectivity index (χ1n) is 4.13. The van der Waals surface area contributed by atoms with Crippen molar-refractivity contribution >= 4 is 0 Å². The highest BCUT2D eigenvalue weighted by atomic mass is 19.4. The Hall–Kier alpha value is -0.670. The van der Waals surface area contributed by atoms with Gasteiger partial charge in [-0.15, -0.1) is 0 Å². The molecule has 0 unspecified atom stereocenters. The summed E-state index contributed by atoms with van der Waals surface area (Å²) in [5.74, 6) is 0.390. The van der Waals surface area contributed by atoms with Crippen LogP contribution < -0.4 is 0 Å². The molecular weight excluding hydrogens is 181 g/mol. The van der Waals surface area contributed by atoms with Crippen LogP contribution in [0.4, 0.5) is 13.2 Å². The molecule has 0 aromatic rings. The van der Waals surface area contributed by atoms with Gasteiger partial charge in [0.05, 0.1) is 18.8 Å². The maximum absolute atomic E-state index is 11.8. The maximum Gasteiger partial charge on any atom is 0.389 e. The Kier molecular flexibility index (Phi) is 5.58. The summed E-state index contributed by atoms with van der Waals surface area (Å²) in [5.41, 5.74) is 0. The van der Waals surface area contributed by atoms with Crippen molar-refractivity contribution < 1.29 is 17.9 Å². The predicted octanol–water partition coefficient (Wildman–Crippen LogP) is 3.47. The van der Waals surface area contributed by atoms with Crippen LogP contribution in [-0.2, 0) is 4.74 Å². The molecule has 0 saturated heterocycles. The van der Waals surface area contributed by atoms with Gasteiger partial charge in [0.25, 0.3) is 0 Å². The Morgan fingerprint density at radius 1 is 1.46 bits per heavy atom. The summed E-state index contributed by atoms with van der Waals surface area (Å²) in [7, 11) is 0. The summed E-state index contributed by atoms with van der Waals surface area (Å²) >= 11 is 0. The van der Waals surface area contributed by atoms with Crippen molar-refractivity contribution in [2.24, 2.45) is 0 Å². The minimum atomic E-state index is -4.11. The third-order valence-corrected chi connectivity index (χ3v) is 1.41. The zero-order valence-electron chi connectivity index (χ0n) is 7.66. The van der Waals surface area contributed by atoms with Crippen molar-refractivity contribution in [3.63, 3.8) is 0 Å². The van der Waals surface area contributed by atoms with Crippen molar-refractivity contribution in [2.75, 3.05) is 6.61 Å². The van der Waals surface area contributed by atoms with Crippen molar-refractivity contribution in [2.45, 2.75) is 32.4 Å². The largest absolute Gasteiger partial charge is 0.498 e. The van der Waals surface area contributed by atoms with Crippen molar-refractivity contribution in [1.82, 2.24) is 0 Å². The molecule has 0 aliphatic heterocycles. The number of rotatable bonds is 5. The molecule has 1 radical (unpaired) electrons. The fourth-order valence-electron chi connectivity index (χ4n) is 0.768. The minimum absolute atomic E-state index is 0.0833. The van der Waals surface area contributed by atoms with Crippen LogP contribution in [0.2, 0.25) is 0 Å². The van der Waals surface area contributed by atoms with Crippen LogP contribution in [0.3, 0.4) is 0 Å². The van der Waals surface area contributed by atoms with Crippen LogP contribution in [0.1, 0.15) is 26.2 Å². The molecule has 0 saturated carbocycles. The number of alkyl halides is 3. The monoisotopic (exact) mass is 195 g/mol. The van der Waals surface area contributed by atoms with Gasteiger partial charge in [-0.05, 0) is 26.3 Å². The highest BCUT2D eigenvalue weighted by molar-refractivity contribution is 4.90. The fourth-order valence-corrected chi connectivity index (χ4v) is 0.768. The van der Waals surface area contributed by atoms with Crippen LogP contribution >= 0.6 is 0 Å². The standard InChI is InChI=1S/C9H14F3O/c1-3-7-13-8(4-2)5-6-9(10,11)12/h4H,1,3,5-7H2,2H3. The van der Waals surface area contributed by atoms with Gasteiger partial charge < -0.3 is 4.74 Å². The van der Waals surface area contributed by atoms with Crippen LogP contribution in [0.5, 0.6) is 0 Å². The second-order valence-electron chi connectivity index (χ2n) is 2.57. The Morgan fingerprint density at radius 2 is 2.08 bits per heavy atom. The Labute approximate surface area is 76.6 Å². The maximum atomic E-state index is 11.8. The molecule has 0 amide bonds. The average Bonchev–Trinajstić information content (AvgIpc) is 2.03. The molecule has 0 rings (SSSR count). The van der Waals surface area contributed by atoms with E-state index in [1.54, 1.807) is 13.0 Å². The molecule has 0 aromatic heterocycles. The van der Waals surface area contributed by atoms with Gasteiger partial charge in [-0.3, -0.25) is 0 Å². The Balaban J connectivity index is 3.74. The van der Waals surface area contributed by atoms with Gasteiger partial charge >= 0.3 is 6.18 Å². The smallest absolute Gasteiger partial charge is 0.389 e. The molecule has 0 atom stereocenters.